The maximum absolute atomic E-state index is 13.1. The average Bonchev–Trinajstić information content (AvgIpc) is 3.41. The van der Waals surface area contributed by atoms with Gasteiger partial charge in [0, 0.05) is 32.7 Å². The van der Waals surface area contributed by atoms with E-state index in [1.54, 1.807) is 12.1 Å². The third-order valence-electron chi connectivity index (χ3n) is 6.72. The molecule has 1 aromatic carbocycles. The van der Waals surface area contributed by atoms with Crippen LogP contribution in [0.15, 0.2) is 42.6 Å². The zero-order valence-corrected chi connectivity index (χ0v) is 18.0. The number of ether oxygens (including phenoxy) is 1. The van der Waals surface area contributed by atoms with E-state index in [0.29, 0.717) is 18.4 Å². The molecule has 0 N–H and O–H groups in total. The van der Waals surface area contributed by atoms with Gasteiger partial charge in [-0.05, 0) is 66.8 Å². The van der Waals surface area contributed by atoms with E-state index in [2.05, 4.69) is 20.2 Å². The van der Waals surface area contributed by atoms with Gasteiger partial charge in [0.1, 0.15) is 11.5 Å². The molecule has 1 aliphatic heterocycles. The van der Waals surface area contributed by atoms with Crippen LogP contribution in [0.25, 0.3) is 11.4 Å². The molecular formula is C24H28FN5O. The smallest absolute Gasteiger partial charge is 0.233 e. The van der Waals surface area contributed by atoms with E-state index >= 15 is 0 Å². The molecular weight excluding hydrogens is 393 g/mol. The molecule has 1 saturated carbocycles. The van der Waals surface area contributed by atoms with E-state index < -0.39 is 0 Å². The first-order valence-corrected chi connectivity index (χ1v) is 11.0. The van der Waals surface area contributed by atoms with Crippen LogP contribution >= 0.6 is 0 Å². The lowest BCUT2D eigenvalue weighted by Gasteiger charge is -2.19. The number of aromatic nitrogens is 4. The van der Waals surface area contributed by atoms with Crippen LogP contribution in [-0.4, -0.2) is 44.6 Å². The quantitative estimate of drug-likeness (QED) is 0.605. The predicted molar refractivity (Wildman–Crippen MR) is 116 cm³/mol. The van der Waals surface area contributed by atoms with Crippen molar-refractivity contribution in [3.05, 3.63) is 59.5 Å². The summed E-state index contributed by atoms with van der Waals surface area (Å²) in [6, 6.07) is 10.7. The number of hydrogen-bond donors (Lipinski definition) is 0. The van der Waals surface area contributed by atoms with Crippen LogP contribution in [0.4, 0.5) is 4.39 Å². The Kier molecular flexibility index (Phi) is 5.44. The minimum atomic E-state index is -0.170. The lowest BCUT2D eigenvalue weighted by atomic mass is 10.0. The largest absolute Gasteiger partial charge is 0.476 e. The minimum absolute atomic E-state index is 0.170. The fourth-order valence-corrected chi connectivity index (χ4v) is 5.28. The Labute approximate surface area is 182 Å². The first-order chi connectivity index (χ1) is 15.0. The van der Waals surface area contributed by atoms with Gasteiger partial charge in [0.05, 0.1) is 18.5 Å². The average molecular weight is 422 g/mol. The highest BCUT2D eigenvalue weighted by atomic mass is 19.1. The van der Waals surface area contributed by atoms with Gasteiger partial charge in [-0.15, -0.1) is 10.2 Å². The Hall–Kier alpha value is -2.80. The van der Waals surface area contributed by atoms with Crippen LogP contribution in [-0.2, 0) is 13.6 Å². The third kappa shape index (κ3) is 4.32. The fourth-order valence-electron chi connectivity index (χ4n) is 5.28. The second-order valence-corrected chi connectivity index (χ2v) is 9.05. The number of hydrogen-bond acceptors (Lipinski definition) is 5. The Balaban J connectivity index is 1.11. The molecule has 0 bridgehead atoms. The van der Waals surface area contributed by atoms with Gasteiger partial charge < -0.3 is 4.74 Å². The Morgan fingerprint density at radius 2 is 1.77 bits per heavy atom. The highest BCUT2D eigenvalue weighted by Gasteiger charge is 2.40. The number of fused-ring (bicyclic) bond motifs is 1. The highest BCUT2D eigenvalue weighted by molar-refractivity contribution is 5.58. The van der Waals surface area contributed by atoms with Crippen LogP contribution in [0.5, 0.6) is 5.88 Å². The second kappa shape index (κ2) is 8.38. The molecule has 3 heterocycles. The van der Waals surface area contributed by atoms with Gasteiger partial charge in [-0.3, -0.25) is 9.58 Å². The molecule has 1 aliphatic carbocycles. The number of aryl methyl sites for hydroxylation is 2. The summed E-state index contributed by atoms with van der Waals surface area (Å²) >= 11 is 0. The molecule has 3 aromatic rings. The monoisotopic (exact) mass is 421 g/mol. The van der Waals surface area contributed by atoms with Gasteiger partial charge in [-0.2, -0.15) is 5.10 Å². The van der Waals surface area contributed by atoms with Crippen molar-refractivity contribution in [2.45, 2.75) is 26.3 Å². The molecule has 1 saturated heterocycles. The maximum Gasteiger partial charge on any atom is 0.233 e. The van der Waals surface area contributed by atoms with Crippen LogP contribution in [0, 0.1) is 30.5 Å². The molecule has 0 spiro atoms. The Morgan fingerprint density at radius 3 is 2.39 bits per heavy atom. The number of halogens is 1. The topological polar surface area (TPSA) is 56.1 Å². The number of nitrogens with zero attached hydrogens (tertiary/aromatic N) is 5. The van der Waals surface area contributed by atoms with Crippen molar-refractivity contribution in [2.75, 3.05) is 19.7 Å². The molecule has 7 heteroatoms. The van der Waals surface area contributed by atoms with Gasteiger partial charge in [0.2, 0.25) is 5.88 Å². The van der Waals surface area contributed by atoms with Crippen molar-refractivity contribution >= 4 is 0 Å². The summed E-state index contributed by atoms with van der Waals surface area (Å²) in [7, 11) is 1.91. The molecule has 31 heavy (non-hydrogen) atoms. The standard InChI is InChI=1S/C24H28FN5O/c1-16-11-26-29(2)24(16)22-7-8-23(28-27-22)31-15-18-9-19-13-30(14-20(19)10-18)12-17-3-5-21(25)6-4-17/h3-8,11,18-20H,9-10,12-15H2,1-2H3. The lowest BCUT2D eigenvalue weighted by molar-refractivity contribution is 0.219. The van der Waals surface area contributed by atoms with E-state index in [-0.39, 0.29) is 5.82 Å². The van der Waals surface area contributed by atoms with E-state index in [9.17, 15) is 4.39 Å². The molecule has 2 unspecified atom stereocenters. The van der Waals surface area contributed by atoms with Crippen LogP contribution in [0.2, 0.25) is 0 Å². The fraction of sp³-hybridized carbons (Fsp3) is 0.458. The van der Waals surface area contributed by atoms with Gasteiger partial charge in [0.25, 0.3) is 0 Å². The number of likely N-dealkylation sites (tertiary alicyclic amines) is 1. The van der Waals surface area contributed by atoms with Crippen molar-refractivity contribution in [2.24, 2.45) is 24.8 Å². The summed E-state index contributed by atoms with van der Waals surface area (Å²) in [4.78, 5) is 2.50. The maximum atomic E-state index is 13.1. The second-order valence-electron chi connectivity index (χ2n) is 9.05. The molecule has 0 radical (unpaired) electrons. The molecule has 5 rings (SSSR count). The van der Waals surface area contributed by atoms with Crippen LogP contribution in [0.3, 0.4) is 0 Å². The zero-order chi connectivity index (χ0) is 21.4. The Morgan fingerprint density at radius 1 is 1.03 bits per heavy atom. The van der Waals surface area contributed by atoms with Crippen molar-refractivity contribution in [3.8, 4) is 17.3 Å². The normalized spacial score (nSPS) is 23.3. The van der Waals surface area contributed by atoms with Crippen molar-refractivity contribution in [3.63, 3.8) is 0 Å². The zero-order valence-electron chi connectivity index (χ0n) is 18.0. The first-order valence-electron chi connectivity index (χ1n) is 11.0. The Bertz CT molecular complexity index is 1000. The molecule has 6 nitrogen and oxygen atoms in total. The van der Waals surface area contributed by atoms with E-state index in [4.69, 9.17) is 4.74 Å². The van der Waals surface area contributed by atoms with E-state index in [0.717, 1.165) is 48.4 Å². The molecule has 2 atom stereocenters. The summed E-state index contributed by atoms with van der Waals surface area (Å²) in [5.74, 6) is 2.45. The molecule has 0 amide bonds. The number of rotatable bonds is 6. The van der Waals surface area contributed by atoms with Crippen molar-refractivity contribution in [1.29, 1.82) is 0 Å². The van der Waals surface area contributed by atoms with Crippen molar-refractivity contribution in [1.82, 2.24) is 24.9 Å². The van der Waals surface area contributed by atoms with Crippen molar-refractivity contribution < 1.29 is 9.13 Å². The highest BCUT2D eigenvalue weighted by Crippen LogP contribution is 2.42. The summed E-state index contributed by atoms with van der Waals surface area (Å²) < 4.78 is 20.9. The minimum Gasteiger partial charge on any atom is -0.476 e. The lowest BCUT2D eigenvalue weighted by Crippen LogP contribution is -2.23. The van der Waals surface area contributed by atoms with Crippen LogP contribution < -0.4 is 4.74 Å². The summed E-state index contributed by atoms with van der Waals surface area (Å²) in [5, 5.41) is 12.9. The van der Waals surface area contributed by atoms with Gasteiger partial charge in [-0.25, -0.2) is 4.39 Å². The van der Waals surface area contributed by atoms with Gasteiger partial charge in [-0.1, -0.05) is 12.1 Å². The summed E-state index contributed by atoms with van der Waals surface area (Å²) in [6.07, 6.45) is 4.23. The molecule has 2 fully saturated rings. The summed E-state index contributed by atoms with van der Waals surface area (Å²) in [5.41, 5.74) is 4.05. The first kappa shape index (κ1) is 20.1. The number of benzene rings is 1. The molecule has 2 aliphatic rings. The van der Waals surface area contributed by atoms with Crippen LogP contribution in [0.1, 0.15) is 24.0 Å². The summed E-state index contributed by atoms with van der Waals surface area (Å²) in [6.45, 7) is 5.87. The predicted octanol–water partition coefficient (Wildman–Crippen LogP) is 3.86. The molecule has 162 valence electrons. The van der Waals surface area contributed by atoms with Gasteiger partial charge >= 0.3 is 0 Å². The van der Waals surface area contributed by atoms with Gasteiger partial charge in [0.15, 0.2) is 0 Å². The van der Waals surface area contributed by atoms with E-state index in [1.165, 1.54) is 18.4 Å². The SMILES string of the molecule is Cc1cnn(C)c1-c1ccc(OCC2CC3CN(Cc4ccc(F)cc4)CC3C2)nn1. The molecule has 2 aromatic heterocycles. The third-order valence-corrected chi connectivity index (χ3v) is 6.72. The van der Waals surface area contributed by atoms with E-state index in [1.807, 2.05) is 49.1 Å².